The van der Waals surface area contributed by atoms with Crippen molar-refractivity contribution in [2.45, 2.75) is 157 Å². The number of hydrogen-bond donors (Lipinski definition) is 0. The predicted octanol–water partition coefficient (Wildman–Crippen LogP) is 8.61. The van der Waals surface area contributed by atoms with E-state index < -0.39 is 26.5 Å². The van der Waals surface area contributed by atoms with E-state index in [1.807, 2.05) is 0 Å². The van der Waals surface area contributed by atoms with Crippen LogP contribution in [0.25, 0.3) is 0 Å². The Hall–Kier alpha value is 0.771. The van der Waals surface area contributed by atoms with Gasteiger partial charge in [0.15, 0.2) is 0 Å². The molecule has 3 atom stereocenters. The van der Waals surface area contributed by atoms with E-state index in [0.29, 0.717) is 0 Å². The van der Waals surface area contributed by atoms with Crippen LogP contribution in [-0.4, -0.2) is 26.6 Å². The van der Waals surface area contributed by atoms with Crippen LogP contribution in [0.2, 0.25) is 18.1 Å². The topological polar surface area (TPSA) is 36.9 Å². The molecule has 0 aliphatic heterocycles. The second kappa shape index (κ2) is 17.3. The molecule has 0 aliphatic rings. The fourth-order valence-corrected chi connectivity index (χ4v) is 16.1. The first kappa shape index (κ1) is 30.8. The van der Waals surface area contributed by atoms with Crippen molar-refractivity contribution in [3.05, 3.63) is 0 Å². The Morgan fingerprint density at radius 1 is 0.567 bits per heavy atom. The molecule has 182 valence electrons. The molecule has 0 aromatic heterocycles. The molecule has 0 spiro atoms. The van der Waals surface area contributed by atoms with Crippen molar-refractivity contribution in [1.29, 1.82) is 0 Å². The summed E-state index contributed by atoms with van der Waals surface area (Å²) in [6.45, 7) is 19.8. The van der Waals surface area contributed by atoms with Crippen molar-refractivity contribution in [1.82, 2.24) is 0 Å². The third-order valence-corrected chi connectivity index (χ3v) is 17.0. The molecule has 0 bridgehead atoms. The molecule has 30 heavy (non-hydrogen) atoms. The molecule has 0 aromatic rings. The first-order chi connectivity index (χ1) is 14.3. The molecule has 6 heteroatoms. The Bertz CT molecular complexity index is 358. The van der Waals surface area contributed by atoms with Gasteiger partial charge >= 0.3 is 196 Å². The third-order valence-electron chi connectivity index (χ3n) is 6.06. The van der Waals surface area contributed by atoms with Crippen molar-refractivity contribution in [2.75, 3.05) is 0 Å². The van der Waals surface area contributed by atoms with E-state index in [2.05, 4.69) is 62.3 Å². The van der Waals surface area contributed by atoms with Crippen LogP contribution in [0.3, 0.4) is 0 Å². The maximum atomic E-state index is 7.31. The zero-order chi connectivity index (χ0) is 23.0. The third kappa shape index (κ3) is 12.1. The molecule has 0 N–H and O–H groups in total. The van der Waals surface area contributed by atoms with Crippen LogP contribution in [-0.2, 0) is 31.1 Å². The van der Waals surface area contributed by atoms with Gasteiger partial charge in [0.05, 0.1) is 0 Å². The quantitative estimate of drug-likeness (QED) is 0.163. The van der Waals surface area contributed by atoms with Gasteiger partial charge in [-0.3, -0.25) is 0 Å². The maximum absolute atomic E-state index is 7.31. The molecule has 0 saturated heterocycles. The summed E-state index contributed by atoms with van der Waals surface area (Å²) in [6.07, 6.45) is 10.4. The van der Waals surface area contributed by atoms with Gasteiger partial charge in [0.2, 0.25) is 0 Å². The summed E-state index contributed by atoms with van der Waals surface area (Å²) >= 11 is -3.93. The average Bonchev–Trinajstić information content (AvgIpc) is 2.74. The minimum atomic E-state index is -3.93. The molecule has 0 saturated carbocycles. The Labute approximate surface area is 195 Å². The van der Waals surface area contributed by atoms with Gasteiger partial charge in [0, 0.05) is 0 Å². The number of unbranched alkanes of at least 4 members (excludes halogenated alkanes) is 3. The molecule has 3 unspecified atom stereocenters. The standard InChI is InChI=1S/C12H27OSi.3C4H9O.Ti/c1-4-7-10-14(13,11-8-5-2)12-9-6-3;3*1-3-4(2)5;/h4-12H2,1-3H3;3*4H,3H2,1-2H3;/q4*-1;+4. The number of rotatable bonds is 20. The van der Waals surface area contributed by atoms with E-state index in [9.17, 15) is 0 Å². The number of hydrogen-bond acceptors (Lipinski definition) is 4. The van der Waals surface area contributed by atoms with Crippen LogP contribution in [0.1, 0.15) is 120 Å². The van der Waals surface area contributed by atoms with Crippen molar-refractivity contribution in [3.8, 4) is 0 Å². The zero-order valence-corrected chi connectivity index (χ0v) is 24.4. The molecular formula is C24H54O4SiTi. The van der Waals surface area contributed by atoms with Gasteiger partial charge in [-0.2, -0.15) is 0 Å². The van der Waals surface area contributed by atoms with Crippen molar-refractivity contribution in [3.63, 3.8) is 0 Å². The Balaban J connectivity index is 6.17. The van der Waals surface area contributed by atoms with E-state index in [1.54, 1.807) is 0 Å². The first-order valence-electron chi connectivity index (χ1n) is 13.0. The monoisotopic (exact) mass is 482 g/mol. The molecular weight excluding hydrogens is 428 g/mol. The Morgan fingerprint density at radius 3 is 1.10 bits per heavy atom. The second-order valence-corrected chi connectivity index (χ2v) is 16.8. The van der Waals surface area contributed by atoms with Crippen LogP contribution >= 0.6 is 0 Å². The van der Waals surface area contributed by atoms with E-state index >= 15 is 0 Å². The van der Waals surface area contributed by atoms with Gasteiger partial charge in [0.1, 0.15) is 0 Å². The van der Waals surface area contributed by atoms with Crippen LogP contribution in [0.4, 0.5) is 0 Å². The van der Waals surface area contributed by atoms with Crippen molar-refractivity contribution < 1.29 is 31.1 Å². The molecule has 0 aliphatic carbocycles. The molecule has 0 aromatic carbocycles. The summed E-state index contributed by atoms with van der Waals surface area (Å²) in [4.78, 5) is 0. The van der Waals surface area contributed by atoms with Crippen molar-refractivity contribution in [2.24, 2.45) is 0 Å². The fourth-order valence-electron chi connectivity index (χ4n) is 3.43. The van der Waals surface area contributed by atoms with Crippen molar-refractivity contribution >= 4 is 8.32 Å². The van der Waals surface area contributed by atoms with Gasteiger partial charge in [-0.25, -0.2) is 0 Å². The van der Waals surface area contributed by atoms with E-state index in [4.69, 9.17) is 13.0 Å². The molecule has 0 amide bonds. The van der Waals surface area contributed by atoms with Gasteiger partial charge in [-0.1, -0.05) is 0 Å². The molecule has 0 radical (unpaired) electrons. The summed E-state index contributed by atoms with van der Waals surface area (Å²) in [6, 6.07) is 3.61. The first-order valence-corrected chi connectivity index (χ1v) is 18.1. The normalized spacial score (nSPS) is 17.5. The molecule has 0 fully saturated rings. The molecule has 0 heterocycles. The molecule has 0 rings (SSSR count). The SMILES string of the molecule is CCCC[Si](CCCC)(CCCC)[O][Ti]([O]C(C)CC)([O]C(C)CC)[O]C(C)CC. The summed E-state index contributed by atoms with van der Waals surface area (Å²) in [5.41, 5.74) is 0. The van der Waals surface area contributed by atoms with Gasteiger partial charge in [-0.15, -0.1) is 0 Å². The summed E-state index contributed by atoms with van der Waals surface area (Å²) in [5.74, 6) is 0. The van der Waals surface area contributed by atoms with Crippen LogP contribution in [0.5, 0.6) is 0 Å². The van der Waals surface area contributed by atoms with E-state index in [0.717, 1.165) is 19.3 Å². The zero-order valence-electron chi connectivity index (χ0n) is 21.9. The summed E-state index contributed by atoms with van der Waals surface area (Å²) in [7, 11) is -2.02. The van der Waals surface area contributed by atoms with Gasteiger partial charge in [0.25, 0.3) is 0 Å². The predicted molar refractivity (Wildman–Crippen MR) is 128 cm³/mol. The van der Waals surface area contributed by atoms with Crippen LogP contribution in [0, 0.1) is 0 Å². The fraction of sp³-hybridized carbons (Fsp3) is 1.00. The summed E-state index contributed by atoms with van der Waals surface area (Å²) < 4.78 is 27.4. The second-order valence-electron chi connectivity index (χ2n) is 9.11. The van der Waals surface area contributed by atoms with E-state index in [1.165, 1.54) is 56.7 Å². The Morgan fingerprint density at radius 2 is 0.867 bits per heavy atom. The summed E-state index contributed by atoms with van der Waals surface area (Å²) in [5, 5.41) is 0. The van der Waals surface area contributed by atoms with E-state index in [-0.39, 0.29) is 18.3 Å². The van der Waals surface area contributed by atoms with Crippen LogP contribution < -0.4 is 0 Å². The average molecular weight is 483 g/mol. The van der Waals surface area contributed by atoms with Crippen LogP contribution in [0.15, 0.2) is 0 Å². The minimum absolute atomic E-state index is 0.0911. The van der Waals surface area contributed by atoms with Gasteiger partial charge < -0.3 is 0 Å². The molecule has 4 nitrogen and oxygen atoms in total. The Kier molecular flexibility index (Phi) is 17.7. The van der Waals surface area contributed by atoms with Gasteiger partial charge in [-0.05, 0) is 0 Å².